The van der Waals surface area contributed by atoms with Crippen LogP contribution in [-0.2, 0) is 25.0 Å². The van der Waals surface area contributed by atoms with Gasteiger partial charge in [-0.05, 0) is 25.2 Å². The minimum Gasteiger partial charge on any atom is -0.862 e. The molecule has 0 spiro atoms. The van der Waals surface area contributed by atoms with E-state index in [1.54, 1.807) is 0 Å². The Morgan fingerprint density at radius 2 is 1.26 bits per heavy atom. The Morgan fingerprint density at radius 3 is 1.71 bits per heavy atom. The predicted octanol–water partition coefficient (Wildman–Crippen LogP) is 2.40. The van der Waals surface area contributed by atoms with E-state index in [9.17, 15) is 31.3 Å². The summed E-state index contributed by atoms with van der Waals surface area (Å²) in [6.07, 6.45) is 14.0. The van der Waals surface area contributed by atoms with Crippen LogP contribution in [0.4, 0.5) is 0 Å². The molecule has 0 aromatic carbocycles. The van der Waals surface area contributed by atoms with E-state index in [2.05, 4.69) is 24.2 Å². The van der Waals surface area contributed by atoms with Crippen molar-refractivity contribution in [2.24, 2.45) is 4.99 Å². The molecule has 0 rings (SSSR count). The van der Waals surface area contributed by atoms with Crippen molar-refractivity contribution >= 4 is 69.8 Å². The van der Waals surface area contributed by atoms with Gasteiger partial charge in [0.25, 0.3) is 10.1 Å². The monoisotopic (exact) mass is 568 g/mol. The standard InChI is InChI=1S/2C11H23NO4S.Ca/c2*1-2-3-4-5-6-7-8-11(13)12-9-10-17(14,15)16;/h2*2-10H2,1H3,(H,12,13)(H,14,15,16);/q;;+2/p-2. The van der Waals surface area contributed by atoms with E-state index >= 15 is 0 Å². The van der Waals surface area contributed by atoms with Crippen molar-refractivity contribution in [3.05, 3.63) is 0 Å². The molecule has 1 amide bonds. The molecule has 0 radical (unpaired) electrons. The molecule has 0 heterocycles. The maximum absolute atomic E-state index is 11.2. The van der Waals surface area contributed by atoms with Crippen molar-refractivity contribution in [1.82, 2.24) is 5.32 Å². The van der Waals surface area contributed by atoms with E-state index in [4.69, 9.17) is 4.55 Å². The molecule has 0 saturated carbocycles. The van der Waals surface area contributed by atoms with E-state index in [0.717, 1.165) is 38.5 Å². The Bertz CT molecular complexity index is 745. The fraction of sp³-hybridized carbons (Fsp3) is 0.909. The normalized spacial score (nSPS) is 11.8. The van der Waals surface area contributed by atoms with Crippen molar-refractivity contribution in [2.45, 2.75) is 104 Å². The molecule has 204 valence electrons. The van der Waals surface area contributed by atoms with Crippen LogP contribution in [0.15, 0.2) is 4.99 Å². The van der Waals surface area contributed by atoms with Gasteiger partial charge < -0.3 is 20.0 Å². The Balaban J connectivity index is -0.000000569. The number of carbonyl (C=O) groups is 1. The van der Waals surface area contributed by atoms with Crippen LogP contribution < -0.4 is 10.4 Å². The van der Waals surface area contributed by atoms with Gasteiger partial charge in [-0.25, -0.2) is 8.42 Å². The summed E-state index contributed by atoms with van der Waals surface area (Å²) >= 11 is 0. The van der Waals surface area contributed by atoms with Crippen molar-refractivity contribution < 1.29 is 35.8 Å². The Labute approximate surface area is 242 Å². The number of amides is 1. The Morgan fingerprint density at radius 1 is 0.800 bits per heavy atom. The maximum atomic E-state index is 11.2. The van der Waals surface area contributed by atoms with Gasteiger partial charge in [0, 0.05) is 13.0 Å². The molecule has 0 aliphatic heterocycles. The summed E-state index contributed by atoms with van der Waals surface area (Å²) in [7, 11) is -8.22. The second-order valence-corrected chi connectivity index (χ2v) is 11.3. The number of aliphatic imine (C=N–C) groups is 1. The molecule has 10 nitrogen and oxygen atoms in total. The van der Waals surface area contributed by atoms with E-state index in [1.807, 2.05) is 0 Å². The zero-order valence-electron chi connectivity index (χ0n) is 21.5. The van der Waals surface area contributed by atoms with Gasteiger partial charge in [-0.3, -0.25) is 9.35 Å². The molecule has 13 heteroatoms. The molecule has 0 aromatic rings. The first-order chi connectivity index (χ1) is 15.9. The third-order valence-corrected chi connectivity index (χ3v) is 6.22. The van der Waals surface area contributed by atoms with Gasteiger partial charge in [-0.2, -0.15) is 8.42 Å². The fourth-order valence-corrected chi connectivity index (χ4v) is 3.57. The first kappa shape index (κ1) is 39.5. The van der Waals surface area contributed by atoms with E-state index in [0.29, 0.717) is 12.8 Å². The average Bonchev–Trinajstić information content (AvgIpc) is 2.72. The van der Waals surface area contributed by atoms with Crippen molar-refractivity contribution in [3.8, 4) is 0 Å². The number of rotatable bonds is 20. The van der Waals surface area contributed by atoms with Crippen LogP contribution in [0.1, 0.15) is 104 Å². The molecular weight excluding hydrogens is 524 g/mol. The molecule has 0 fully saturated rings. The third kappa shape index (κ3) is 38.7. The Hall–Kier alpha value is 0.0197. The number of hydrogen-bond acceptors (Lipinski definition) is 8. The third-order valence-electron chi connectivity index (χ3n) is 4.81. The van der Waals surface area contributed by atoms with Crippen LogP contribution in [0.2, 0.25) is 0 Å². The van der Waals surface area contributed by atoms with E-state index in [1.165, 1.54) is 38.5 Å². The second kappa shape index (κ2) is 25.7. The second-order valence-electron chi connectivity index (χ2n) is 8.21. The molecule has 0 bridgehead atoms. The van der Waals surface area contributed by atoms with Gasteiger partial charge in [-0.15, -0.1) is 0 Å². The molecule has 0 aliphatic carbocycles. The molecule has 35 heavy (non-hydrogen) atoms. The summed E-state index contributed by atoms with van der Waals surface area (Å²) in [5.41, 5.74) is 0. The molecule has 0 unspecified atom stereocenters. The summed E-state index contributed by atoms with van der Waals surface area (Å²) in [5, 5.41) is 13.6. The van der Waals surface area contributed by atoms with Crippen LogP contribution in [0, 0.1) is 0 Å². The smallest absolute Gasteiger partial charge is 0.862 e. The predicted molar refractivity (Wildman–Crippen MR) is 138 cm³/mol. The number of nitrogens with zero attached hydrogens (tertiary/aromatic N) is 1. The number of unbranched alkanes of at least 4 members (excludes halogenated alkanes) is 10. The van der Waals surface area contributed by atoms with Gasteiger partial charge in [-0.1, -0.05) is 78.1 Å². The van der Waals surface area contributed by atoms with Gasteiger partial charge >= 0.3 is 37.7 Å². The van der Waals surface area contributed by atoms with Crippen LogP contribution in [0.5, 0.6) is 0 Å². The maximum Gasteiger partial charge on any atom is 2.00 e. The largest absolute Gasteiger partial charge is 2.00 e. The summed E-state index contributed by atoms with van der Waals surface area (Å²) in [6, 6.07) is 0. The molecular formula is C22H44CaN2O8S2. The molecule has 0 aromatic heterocycles. The molecule has 0 atom stereocenters. The number of nitrogens with one attached hydrogen (secondary N) is 1. The minimum atomic E-state index is -4.25. The Kier molecular flexibility index (Phi) is 29.0. The minimum absolute atomic E-state index is 0. The van der Waals surface area contributed by atoms with Crippen LogP contribution in [-0.4, -0.2) is 100 Å². The van der Waals surface area contributed by atoms with Crippen molar-refractivity contribution in [3.63, 3.8) is 0 Å². The van der Waals surface area contributed by atoms with E-state index in [-0.39, 0.29) is 62.6 Å². The number of hydrogen-bond donors (Lipinski definition) is 2. The molecule has 0 saturated heterocycles. The summed E-state index contributed by atoms with van der Waals surface area (Å²) in [5.74, 6) is -1.46. The van der Waals surface area contributed by atoms with Crippen molar-refractivity contribution in [1.29, 1.82) is 0 Å². The van der Waals surface area contributed by atoms with Gasteiger partial charge in [0.1, 0.15) is 0 Å². The van der Waals surface area contributed by atoms with Crippen molar-refractivity contribution in [2.75, 3.05) is 24.6 Å². The SMILES string of the molecule is CCCCCCCCC(=O)NCCS(=O)(=O)O.CCCCCCCCC([O-])=NCCS(=O)(=O)[O-].[Ca+2]. The average molecular weight is 569 g/mol. The van der Waals surface area contributed by atoms with Crippen LogP contribution in [0.3, 0.4) is 0 Å². The number of carbonyl (C=O) groups excluding carboxylic acids is 1. The summed E-state index contributed by atoms with van der Waals surface area (Å²) < 4.78 is 59.9. The van der Waals surface area contributed by atoms with Gasteiger partial charge in [0.05, 0.1) is 28.2 Å². The van der Waals surface area contributed by atoms with Crippen LogP contribution in [0.25, 0.3) is 0 Å². The zero-order valence-corrected chi connectivity index (χ0v) is 25.3. The topological polar surface area (TPSA) is 176 Å². The quantitative estimate of drug-likeness (QED) is 0.0739. The van der Waals surface area contributed by atoms with E-state index < -0.39 is 31.7 Å². The first-order valence-electron chi connectivity index (χ1n) is 12.3. The van der Waals surface area contributed by atoms with Gasteiger partial charge in [0.2, 0.25) is 5.91 Å². The summed E-state index contributed by atoms with van der Waals surface area (Å²) in [6.45, 7) is 4.07. The molecule has 2 N–H and O–H groups in total. The molecule has 0 aliphatic rings. The van der Waals surface area contributed by atoms with Crippen LogP contribution >= 0.6 is 0 Å². The first-order valence-corrected chi connectivity index (χ1v) is 15.5. The van der Waals surface area contributed by atoms with Gasteiger partial charge in [0.15, 0.2) is 0 Å². The zero-order chi connectivity index (χ0) is 26.3. The fourth-order valence-electron chi connectivity index (χ4n) is 2.89. The summed E-state index contributed by atoms with van der Waals surface area (Å²) in [4.78, 5) is 14.8.